The van der Waals surface area contributed by atoms with Gasteiger partial charge in [-0.1, -0.05) is 155 Å². The average Bonchev–Trinajstić information content (AvgIpc) is 3.69. The maximum absolute atomic E-state index is 3.06. The molecule has 0 amide bonds. The summed E-state index contributed by atoms with van der Waals surface area (Å²) in [5.74, 6) is 0.573. The third-order valence-electron chi connectivity index (χ3n) is 8.66. The SMILES string of the molecule is CC(C)c1cc2c(-c3ccc(C(C)(C)C)cc3)cccc2[cH-]1.Cc1cc2c(-c3ccccc3)cc(-c3ccccc3)cc2[cH-]1.[CH3-].[CH3-].[Si]=[Zr]. The molecule has 0 fully saturated rings. The van der Waals surface area contributed by atoms with Crippen LogP contribution in [0.3, 0.4) is 0 Å². The van der Waals surface area contributed by atoms with Crippen LogP contribution in [-0.2, 0) is 28.8 Å². The minimum atomic E-state index is 0. The first kappa shape index (κ1) is 38.9. The van der Waals surface area contributed by atoms with Crippen LogP contribution < -0.4 is 0 Å². The van der Waals surface area contributed by atoms with Crippen molar-refractivity contribution in [2.24, 2.45) is 0 Å². The third-order valence-corrected chi connectivity index (χ3v) is 8.66. The summed E-state index contributed by atoms with van der Waals surface area (Å²) in [7, 11) is 0. The van der Waals surface area contributed by atoms with Gasteiger partial charge in [-0.3, -0.25) is 0 Å². The van der Waals surface area contributed by atoms with Gasteiger partial charge in [0.15, 0.2) is 0 Å². The molecule has 48 heavy (non-hydrogen) atoms. The molecule has 2 heteroatoms. The fraction of sp³-hybridized carbons (Fsp3) is 0.174. The second-order valence-electron chi connectivity index (χ2n) is 13.4. The molecule has 2 radical (unpaired) electrons. The number of rotatable bonds is 4. The van der Waals surface area contributed by atoms with E-state index in [1.807, 2.05) is 0 Å². The predicted molar refractivity (Wildman–Crippen MR) is 211 cm³/mol. The molecule has 0 saturated carbocycles. The van der Waals surface area contributed by atoms with Crippen molar-refractivity contribution < 1.29 is 23.3 Å². The summed E-state index contributed by atoms with van der Waals surface area (Å²) < 4.78 is 0. The van der Waals surface area contributed by atoms with Crippen LogP contribution in [0.2, 0.25) is 0 Å². The molecule has 0 saturated heterocycles. The van der Waals surface area contributed by atoms with Gasteiger partial charge < -0.3 is 14.9 Å². The van der Waals surface area contributed by atoms with Gasteiger partial charge in [-0.15, -0.1) is 63.0 Å². The second-order valence-corrected chi connectivity index (χ2v) is 13.4. The van der Waals surface area contributed by atoms with Gasteiger partial charge in [0.1, 0.15) is 0 Å². The Labute approximate surface area is 307 Å². The van der Waals surface area contributed by atoms with E-state index in [0.29, 0.717) is 5.92 Å². The zero-order valence-corrected chi connectivity index (χ0v) is 33.3. The van der Waals surface area contributed by atoms with E-state index in [4.69, 9.17) is 0 Å². The molecule has 7 aromatic rings. The van der Waals surface area contributed by atoms with E-state index < -0.39 is 0 Å². The molecule has 0 bridgehead atoms. The van der Waals surface area contributed by atoms with Crippen LogP contribution in [0.1, 0.15) is 57.2 Å². The van der Waals surface area contributed by atoms with E-state index in [9.17, 15) is 0 Å². The molecule has 0 heterocycles. The Morgan fingerprint density at radius 1 is 0.542 bits per heavy atom. The first-order valence-electron chi connectivity index (χ1n) is 16.0. The van der Waals surface area contributed by atoms with Crippen molar-refractivity contribution in [3.8, 4) is 33.4 Å². The van der Waals surface area contributed by atoms with Gasteiger partial charge >= 0.3 is 30.2 Å². The van der Waals surface area contributed by atoms with E-state index in [1.54, 1.807) is 0 Å². The second kappa shape index (κ2) is 17.2. The maximum atomic E-state index is 3.06. The molecular weight excluding hydrogens is 672 g/mol. The predicted octanol–water partition coefficient (Wildman–Crippen LogP) is 13.4. The normalized spacial score (nSPS) is 10.7. The van der Waals surface area contributed by atoms with Crippen LogP contribution in [0.25, 0.3) is 54.9 Å². The minimum absolute atomic E-state index is 0. The van der Waals surface area contributed by atoms with Crippen molar-refractivity contribution in [1.82, 2.24) is 0 Å². The summed E-state index contributed by atoms with van der Waals surface area (Å²) in [5.41, 5.74) is 12.1. The fourth-order valence-electron chi connectivity index (χ4n) is 6.12. The van der Waals surface area contributed by atoms with Crippen molar-refractivity contribution in [2.75, 3.05) is 0 Å². The van der Waals surface area contributed by atoms with E-state index in [0.717, 1.165) is 0 Å². The van der Waals surface area contributed by atoms with Crippen LogP contribution in [0.4, 0.5) is 0 Å². The van der Waals surface area contributed by atoms with Crippen molar-refractivity contribution in [3.05, 3.63) is 171 Å². The Kier molecular flexibility index (Phi) is 13.9. The number of hydrogen-bond donors (Lipinski definition) is 0. The van der Waals surface area contributed by atoms with Gasteiger partial charge in [-0.25, -0.2) is 0 Å². The summed E-state index contributed by atoms with van der Waals surface area (Å²) in [6, 6.07) is 50.8. The van der Waals surface area contributed by atoms with Gasteiger partial charge in [-0.05, 0) is 33.6 Å². The Bertz CT molecular complexity index is 2020. The Balaban J connectivity index is 0.000000238. The summed E-state index contributed by atoms with van der Waals surface area (Å²) in [6.45, 7) is 16.5. The number of hydrogen-bond acceptors (Lipinski definition) is 0. The molecule has 0 aliphatic heterocycles. The van der Waals surface area contributed by atoms with E-state index >= 15 is 0 Å². The fourth-order valence-corrected chi connectivity index (χ4v) is 6.12. The summed E-state index contributed by atoms with van der Waals surface area (Å²) >= 11 is 1.36. The van der Waals surface area contributed by atoms with Crippen molar-refractivity contribution in [3.63, 3.8) is 0 Å². The zero-order chi connectivity index (χ0) is 32.8. The van der Waals surface area contributed by atoms with Crippen molar-refractivity contribution in [1.29, 1.82) is 0 Å². The van der Waals surface area contributed by atoms with Crippen LogP contribution >= 0.6 is 0 Å². The summed E-state index contributed by atoms with van der Waals surface area (Å²) in [4.78, 5) is 0. The topological polar surface area (TPSA) is 0 Å². The van der Waals surface area contributed by atoms with Crippen LogP contribution in [0, 0.1) is 21.8 Å². The standard InChI is InChI=1S/C22H17.C22H25.2CH3.Si.Zr/c1-16-12-20-14-19(17-8-4-2-5-9-17)15-22(21(20)13-16)18-10-6-3-7-11-18;1-15(2)18-13-17-7-6-8-20(21(17)14-18)16-9-11-19(12-10-16)22(3,4)5;;;;/h2-15H,1H3;6-15H,1-5H3;2*1H3;;/q4*-1;;. The van der Waals surface area contributed by atoms with Crippen molar-refractivity contribution in [2.45, 2.75) is 52.9 Å². The molecule has 0 aliphatic rings. The molecule has 244 valence electrons. The van der Waals surface area contributed by atoms with E-state index in [2.05, 4.69) is 188 Å². The molecule has 0 atom stereocenters. The van der Waals surface area contributed by atoms with E-state index in [-0.39, 0.29) is 20.3 Å². The molecule has 7 rings (SSSR count). The summed E-state index contributed by atoms with van der Waals surface area (Å²) in [6.07, 6.45) is 0. The zero-order valence-electron chi connectivity index (χ0n) is 29.9. The van der Waals surface area contributed by atoms with Crippen LogP contribution in [0.5, 0.6) is 0 Å². The van der Waals surface area contributed by atoms with Crippen molar-refractivity contribution >= 4 is 28.4 Å². The number of benzene rings is 5. The first-order valence-corrected chi connectivity index (χ1v) is 20.2. The Hall–Kier alpha value is -3.58. The molecule has 0 N–H and O–H groups in total. The first-order chi connectivity index (χ1) is 22.2. The molecule has 7 aromatic carbocycles. The number of aryl methyl sites for hydroxylation is 1. The third kappa shape index (κ3) is 8.90. The molecular formula is C46H48SiZr-4. The summed E-state index contributed by atoms with van der Waals surface area (Å²) in [5, 5.41) is 5.37. The van der Waals surface area contributed by atoms with Gasteiger partial charge in [-0.2, -0.15) is 12.1 Å². The quantitative estimate of drug-likeness (QED) is 0.125. The van der Waals surface area contributed by atoms with Gasteiger partial charge in [0.2, 0.25) is 0 Å². The molecule has 0 aromatic heterocycles. The van der Waals surface area contributed by atoms with Gasteiger partial charge in [0.25, 0.3) is 0 Å². The Morgan fingerprint density at radius 3 is 1.69 bits per heavy atom. The molecule has 0 nitrogen and oxygen atoms in total. The number of fused-ring (bicyclic) bond motifs is 2. The van der Waals surface area contributed by atoms with E-state index in [1.165, 1.54) is 95.0 Å². The Morgan fingerprint density at radius 2 is 1.10 bits per heavy atom. The van der Waals surface area contributed by atoms with Gasteiger partial charge in [0.05, 0.1) is 0 Å². The average molecular weight is 720 g/mol. The van der Waals surface area contributed by atoms with Crippen LogP contribution in [-0.4, -0.2) is 6.88 Å². The monoisotopic (exact) mass is 718 g/mol. The molecule has 0 aliphatic carbocycles. The van der Waals surface area contributed by atoms with Crippen LogP contribution in [0.15, 0.2) is 140 Å². The molecule has 0 spiro atoms. The molecule has 0 unspecified atom stereocenters. The van der Waals surface area contributed by atoms with Gasteiger partial charge in [0, 0.05) is 0 Å².